The second kappa shape index (κ2) is 12.7. The van der Waals surface area contributed by atoms with Crippen molar-refractivity contribution in [2.24, 2.45) is 0 Å². The highest BCUT2D eigenvalue weighted by molar-refractivity contribution is 6.74. The van der Waals surface area contributed by atoms with Crippen LogP contribution in [0.15, 0.2) is 0 Å². The molecule has 0 aromatic rings. The van der Waals surface area contributed by atoms with E-state index in [1.54, 1.807) is 20.8 Å². The lowest BCUT2D eigenvalue weighted by atomic mass is 10.1. The molecule has 10 heteroatoms. The van der Waals surface area contributed by atoms with Crippen LogP contribution in [0, 0.1) is 0 Å². The molecule has 9 nitrogen and oxygen atoms in total. The summed E-state index contributed by atoms with van der Waals surface area (Å²) >= 11 is 0. The van der Waals surface area contributed by atoms with Crippen LogP contribution < -0.4 is 0 Å². The minimum absolute atomic E-state index is 0.00770. The summed E-state index contributed by atoms with van der Waals surface area (Å²) in [6, 6.07) is -1.06. The number of ether oxygens (including phenoxy) is 2. The maximum absolute atomic E-state index is 12.4. The minimum Gasteiger partial charge on any atom is -0.468 e. The van der Waals surface area contributed by atoms with Gasteiger partial charge < -0.3 is 28.6 Å². The Bertz CT molecular complexity index is 624. The van der Waals surface area contributed by atoms with Crippen molar-refractivity contribution in [1.29, 1.82) is 0 Å². The van der Waals surface area contributed by atoms with Crippen LogP contribution in [-0.2, 0) is 28.3 Å². The quantitative estimate of drug-likeness (QED) is 0.254. The predicted molar refractivity (Wildman–Crippen MR) is 124 cm³/mol. The highest BCUT2D eigenvalue weighted by Crippen LogP contribution is 2.38. The fourth-order valence-corrected chi connectivity index (χ4v) is 3.96. The zero-order chi connectivity index (χ0) is 25.3. The van der Waals surface area contributed by atoms with Gasteiger partial charge in [0.15, 0.2) is 8.32 Å². The Labute approximate surface area is 193 Å². The molecule has 188 valence electrons. The molecule has 0 spiro atoms. The second-order valence-electron chi connectivity index (χ2n) is 10.4. The van der Waals surface area contributed by atoms with Gasteiger partial charge in [-0.1, -0.05) is 20.8 Å². The Balaban J connectivity index is 5.94. The number of nitrogens with zero attached hydrogens (tertiary/aromatic N) is 1. The van der Waals surface area contributed by atoms with Crippen LogP contribution in [0.25, 0.3) is 0 Å². The summed E-state index contributed by atoms with van der Waals surface area (Å²) in [5.74, 6) is -0.659. The summed E-state index contributed by atoms with van der Waals surface area (Å²) in [5.41, 5.74) is -0.799. The number of carbonyl (C=O) groups is 3. The van der Waals surface area contributed by atoms with E-state index < -0.39 is 38.2 Å². The molecule has 0 amide bonds. The molecule has 2 atom stereocenters. The van der Waals surface area contributed by atoms with E-state index in [4.69, 9.17) is 18.7 Å². The minimum atomic E-state index is -2.25. The third-order valence-electron chi connectivity index (χ3n) is 5.27. The number of esters is 1. The fraction of sp³-hybridized carbons (Fsp3) is 0.864. The number of Topliss-reactive ketones (excluding diaryl/α,β-unsaturated/α-hetero) is 1. The lowest BCUT2D eigenvalue weighted by Gasteiger charge is -2.40. The normalized spacial score (nSPS) is 14.6. The van der Waals surface area contributed by atoms with Crippen LogP contribution in [0.1, 0.15) is 67.7 Å². The standard InChI is InChI=1S/C22H43NO8Si/c1-16(25)11-12-17(31-32(9,10)22(5,6)7)15-23(18(13-14-24)19(26)28-8)30-20(27)29-21(2,3)4/h17-18,24H,11-15H2,1-10H3/t17-,18-/m0/s1. The smallest absolute Gasteiger partial charge is 0.468 e. The molecule has 32 heavy (non-hydrogen) atoms. The fourth-order valence-electron chi connectivity index (χ4n) is 2.58. The molecule has 0 rings (SSSR count). The van der Waals surface area contributed by atoms with Crippen LogP contribution in [0.3, 0.4) is 0 Å². The van der Waals surface area contributed by atoms with E-state index >= 15 is 0 Å². The average Bonchev–Trinajstić information content (AvgIpc) is 2.60. The molecule has 1 N–H and O–H groups in total. The van der Waals surface area contributed by atoms with E-state index in [1.807, 2.05) is 0 Å². The van der Waals surface area contributed by atoms with Crippen molar-refractivity contribution >= 4 is 26.2 Å². The topological polar surface area (TPSA) is 112 Å². The maximum Gasteiger partial charge on any atom is 0.528 e. The number of hydrogen-bond donors (Lipinski definition) is 1. The van der Waals surface area contributed by atoms with Gasteiger partial charge in [-0.3, -0.25) is 4.79 Å². The predicted octanol–water partition coefficient (Wildman–Crippen LogP) is 3.84. The van der Waals surface area contributed by atoms with Gasteiger partial charge in [-0.2, -0.15) is 0 Å². The number of hydroxylamine groups is 2. The zero-order valence-corrected chi connectivity index (χ0v) is 22.4. The molecular weight excluding hydrogens is 434 g/mol. The maximum atomic E-state index is 12.4. The molecule has 0 aromatic heterocycles. The first kappa shape index (κ1) is 30.5. The number of ketones is 1. The van der Waals surface area contributed by atoms with Crippen molar-refractivity contribution in [2.75, 3.05) is 20.3 Å². The summed E-state index contributed by atoms with van der Waals surface area (Å²) in [6.07, 6.45) is -0.824. The molecular formula is C22H43NO8Si. The monoisotopic (exact) mass is 477 g/mol. The SMILES string of the molecule is COC(=O)[C@H](CCO)N(C[C@H](CCC(C)=O)O[Si](C)(C)C(C)(C)C)OC(=O)OC(C)(C)C. The van der Waals surface area contributed by atoms with Gasteiger partial charge in [-0.15, -0.1) is 5.06 Å². The number of methoxy groups -OCH3 is 1. The molecule has 0 aromatic carbocycles. The van der Waals surface area contributed by atoms with E-state index in [-0.39, 0.29) is 36.8 Å². The van der Waals surface area contributed by atoms with Crippen LogP contribution in [0.5, 0.6) is 0 Å². The van der Waals surface area contributed by atoms with Gasteiger partial charge in [0.25, 0.3) is 0 Å². The van der Waals surface area contributed by atoms with Crippen molar-refractivity contribution in [3.05, 3.63) is 0 Å². The van der Waals surface area contributed by atoms with Crippen LogP contribution >= 0.6 is 0 Å². The number of rotatable bonds is 12. The van der Waals surface area contributed by atoms with Crippen LogP contribution in [0.2, 0.25) is 18.1 Å². The van der Waals surface area contributed by atoms with E-state index in [0.717, 1.165) is 5.06 Å². The van der Waals surface area contributed by atoms with E-state index in [9.17, 15) is 19.5 Å². The summed E-state index contributed by atoms with van der Waals surface area (Å²) < 4.78 is 16.6. The summed E-state index contributed by atoms with van der Waals surface area (Å²) in [7, 11) is -1.03. The molecule has 0 fully saturated rings. The largest absolute Gasteiger partial charge is 0.528 e. The molecule has 0 radical (unpaired) electrons. The Morgan fingerprint density at radius 3 is 2.00 bits per heavy atom. The van der Waals surface area contributed by atoms with Crippen LogP contribution in [0.4, 0.5) is 4.79 Å². The van der Waals surface area contributed by atoms with E-state index in [2.05, 4.69) is 33.9 Å². The molecule has 0 aliphatic rings. The number of aliphatic hydroxyl groups is 1. The Morgan fingerprint density at radius 2 is 1.59 bits per heavy atom. The number of carbonyl (C=O) groups excluding carboxylic acids is 3. The van der Waals surface area contributed by atoms with E-state index in [1.165, 1.54) is 14.0 Å². The van der Waals surface area contributed by atoms with Crippen LogP contribution in [-0.4, -0.2) is 74.4 Å². The first-order valence-electron chi connectivity index (χ1n) is 11.0. The Hall–Kier alpha value is -1.49. The Kier molecular flexibility index (Phi) is 12.1. The van der Waals surface area contributed by atoms with Crippen molar-refractivity contribution in [3.63, 3.8) is 0 Å². The Morgan fingerprint density at radius 1 is 1.03 bits per heavy atom. The van der Waals surface area contributed by atoms with Crippen molar-refractivity contribution in [2.45, 2.75) is 104 Å². The molecule has 0 aliphatic carbocycles. The first-order chi connectivity index (χ1) is 14.4. The van der Waals surface area contributed by atoms with Gasteiger partial charge in [-0.05, 0) is 58.7 Å². The van der Waals surface area contributed by atoms with Crippen molar-refractivity contribution in [3.8, 4) is 0 Å². The third kappa shape index (κ3) is 11.4. The molecule has 0 heterocycles. The van der Waals surface area contributed by atoms with Gasteiger partial charge in [0.05, 0.1) is 19.8 Å². The van der Waals surface area contributed by atoms with Gasteiger partial charge in [0, 0.05) is 13.0 Å². The molecule has 0 unspecified atom stereocenters. The van der Waals surface area contributed by atoms with Crippen molar-refractivity contribution < 1.29 is 38.2 Å². The van der Waals surface area contributed by atoms with Gasteiger partial charge in [0.2, 0.25) is 0 Å². The van der Waals surface area contributed by atoms with Crippen molar-refractivity contribution in [1.82, 2.24) is 5.06 Å². The summed E-state index contributed by atoms with van der Waals surface area (Å²) in [6.45, 7) is 16.7. The molecule has 0 saturated carbocycles. The summed E-state index contributed by atoms with van der Waals surface area (Å²) in [4.78, 5) is 41.9. The first-order valence-corrected chi connectivity index (χ1v) is 13.9. The molecule has 0 bridgehead atoms. The number of hydrogen-bond acceptors (Lipinski definition) is 9. The highest BCUT2D eigenvalue weighted by atomic mass is 28.4. The van der Waals surface area contributed by atoms with Gasteiger partial charge in [0.1, 0.15) is 17.4 Å². The molecule has 0 saturated heterocycles. The highest BCUT2D eigenvalue weighted by Gasteiger charge is 2.41. The molecule has 0 aliphatic heterocycles. The second-order valence-corrected chi connectivity index (χ2v) is 15.2. The lowest BCUT2D eigenvalue weighted by Crippen LogP contribution is -2.51. The van der Waals surface area contributed by atoms with Gasteiger partial charge in [-0.25, -0.2) is 4.79 Å². The third-order valence-corrected chi connectivity index (χ3v) is 9.81. The average molecular weight is 478 g/mol. The van der Waals surface area contributed by atoms with E-state index in [0.29, 0.717) is 6.42 Å². The van der Waals surface area contributed by atoms with Gasteiger partial charge >= 0.3 is 12.1 Å². The summed E-state index contributed by atoms with van der Waals surface area (Å²) in [5, 5.41) is 10.5. The lowest BCUT2D eigenvalue weighted by molar-refractivity contribution is -0.194. The zero-order valence-electron chi connectivity index (χ0n) is 21.4. The number of aliphatic hydroxyl groups excluding tert-OH is 1.